The van der Waals surface area contributed by atoms with E-state index in [-0.39, 0.29) is 25.7 Å². The third-order valence-corrected chi connectivity index (χ3v) is 10.4. The summed E-state index contributed by atoms with van der Waals surface area (Å²) < 4.78 is 32.4. The summed E-state index contributed by atoms with van der Waals surface area (Å²) in [5, 5.41) is 39.4. The first-order valence-electron chi connectivity index (χ1n) is 22.0. The van der Waals surface area contributed by atoms with Crippen LogP contribution in [0.5, 0.6) is 0 Å². The summed E-state index contributed by atoms with van der Waals surface area (Å²) in [6.07, 6.45) is 31.1. The summed E-state index contributed by atoms with van der Waals surface area (Å²) in [5.41, 5.74) is 5.31. The highest BCUT2D eigenvalue weighted by atomic mass is 31.2. The van der Waals surface area contributed by atoms with Crippen LogP contribution in [0.25, 0.3) is 0 Å². The first kappa shape index (κ1) is 56.3. The monoisotopic (exact) mass is 860 g/mol. The second kappa shape index (κ2) is 38.3. The number of phosphoric ester groups is 1. The molecule has 0 aliphatic heterocycles. The maximum absolute atomic E-state index is 12.7. The number of unbranched alkanes of at least 4 members (excludes halogenated alkanes) is 16. The molecule has 7 N–H and O–H groups in total. The van der Waals surface area contributed by atoms with Crippen LogP contribution >= 0.6 is 7.82 Å². The number of nitrogens with two attached hydrogens (primary N) is 1. The second-order valence-corrected chi connectivity index (χ2v) is 16.5. The van der Waals surface area contributed by atoms with Crippen molar-refractivity contribution in [2.75, 3.05) is 19.8 Å². The molecule has 0 aromatic heterocycles. The third kappa shape index (κ3) is 36.9. The molecule has 14 nitrogen and oxygen atoms in total. The maximum atomic E-state index is 12.7. The number of ether oxygens (including phenoxy) is 2. The van der Waals surface area contributed by atoms with Crippen molar-refractivity contribution < 1.29 is 62.8 Å². The molecule has 6 atom stereocenters. The molecule has 0 aromatic carbocycles. The van der Waals surface area contributed by atoms with Gasteiger partial charge in [0.25, 0.3) is 0 Å². The van der Waals surface area contributed by atoms with Crippen molar-refractivity contribution in [3.05, 3.63) is 48.6 Å². The van der Waals surface area contributed by atoms with E-state index in [1.165, 1.54) is 76.7 Å². The number of carbonyl (C=O) groups is 3. The SMILES string of the molecule is CCCCCCCCCCCCCCCCCC(=O)OCC(COP(=O)(O)OCC(N)C(=O)O)OC(=O)CCCC(O)C(O)\C=C/C=C\C=C\C=C/C(O)CCCCC. The Labute approximate surface area is 353 Å². The summed E-state index contributed by atoms with van der Waals surface area (Å²) in [5.74, 6) is -2.75. The lowest BCUT2D eigenvalue weighted by Gasteiger charge is -2.20. The molecule has 0 aromatic rings. The highest BCUT2D eigenvalue weighted by Gasteiger charge is 2.28. The average Bonchev–Trinajstić information content (AvgIpc) is 3.20. The van der Waals surface area contributed by atoms with Gasteiger partial charge in [0.05, 0.1) is 31.5 Å². The fourth-order valence-electron chi connectivity index (χ4n) is 5.80. The van der Waals surface area contributed by atoms with Gasteiger partial charge in [-0.25, -0.2) is 4.57 Å². The van der Waals surface area contributed by atoms with Gasteiger partial charge in [-0.3, -0.25) is 23.4 Å². The number of aliphatic hydroxyl groups is 3. The number of rotatable bonds is 40. The summed E-state index contributed by atoms with van der Waals surface area (Å²) in [6, 6.07) is -1.58. The molecule has 0 amide bonds. The number of carboxylic acids is 1. The van der Waals surface area contributed by atoms with E-state index in [1.807, 2.05) is 0 Å². The lowest BCUT2D eigenvalue weighted by molar-refractivity contribution is -0.161. The van der Waals surface area contributed by atoms with Gasteiger partial charge in [0.2, 0.25) is 0 Å². The zero-order chi connectivity index (χ0) is 44.0. The van der Waals surface area contributed by atoms with Gasteiger partial charge in [0, 0.05) is 12.8 Å². The van der Waals surface area contributed by atoms with Crippen molar-refractivity contribution in [1.29, 1.82) is 0 Å². The number of aliphatic hydroxyl groups excluding tert-OH is 3. The maximum Gasteiger partial charge on any atom is 0.472 e. The summed E-state index contributed by atoms with van der Waals surface area (Å²) >= 11 is 0. The van der Waals surface area contributed by atoms with E-state index in [1.54, 1.807) is 42.5 Å². The number of carboxylic acid groups (broad SMARTS) is 1. The van der Waals surface area contributed by atoms with Crippen LogP contribution in [0.4, 0.5) is 0 Å². The molecule has 0 saturated carbocycles. The Balaban J connectivity index is 4.69. The van der Waals surface area contributed by atoms with Crippen molar-refractivity contribution in [3.8, 4) is 0 Å². The quantitative estimate of drug-likeness (QED) is 0.0147. The predicted octanol–water partition coefficient (Wildman–Crippen LogP) is 8.31. The summed E-state index contributed by atoms with van der Waals surface area (Å²) in [6.45, 7) is 2.35. The Kier molecular flexibility index (Phi) is 36.5. The molecule has 0 rings (SSSR count). The van der Waals surface area contributed by atoms with Gasteiger partial charge in [-0.15, -0.1) is 0 Å². The molecule has 0 bridgehead atoms. The average molecular weight is 860 g/mol. The van der Waals surface area contributed by atoms with Crippen LogP contribution in [-0.2, 0) is 37.5 Å². The van der Waals surface area contributed by atoms with E-state index in [4.69, 9.17) is 24.8 Å². The molecule has 0 aliphatic carbocycles. The number of carbonyl (C=O) groups excluding carboxylic acids is 2. The van der Waals surface area contributed by atoms with E-state index < -0.39 is 76.0 Å². The first-order chi connectivity index (χ1) is 28.3. The molecule has 6 unspecified atom stereocenters. The Morgan fingerprint density at radius 1 is 0.593 bits per heavy atom. The van der Waals surface area contributed by atoms with Gasteiger partial charge in [0.1, 0.15) is 12.6 Å². The summed E-state index contributed by atoms with van der Waals surface area (Å²) in [4.78, 5) is 46.0. The third-order valence-electron chi connectivity index (χ3n) is 9.45. The normalized spacial score (nSPS) is 15.8. The van der Waals surface area contributed by atoms with Crippen molar-refractivity contribution in [3.63, 3.8) is 0 Å². The topological polar surface area (TPSA) is 232 Å². The molecule has 59 heavy (non-hydrogen) atoms. The van der Waals surface area contributed by atoms with Gasteiger partial charge < -0.3 is 40.5 Å². The van der Waals surface area contributed by atoms with E-state index in [0.29, 0.717) is 6.42 Å². The van der Waals surface area contributed by atoms with E-state index in [0.717, 1.165) is 44.9 Å². The van der Waals surface area contributed by atoms with E-state index >= 15 is 0 Å². The van der Waals surface area contributed by atoms with Crippen LogP contribution < -0.4 is 5.73 Å². The standard InChI is InChI=1S/C44H78NO13P/c1-3-5-7-8-9-10-11-12-13-14-15-16-17-22-26-32-42(49)55-34-38(35-56-59(53,54)57-36-39(45)44(51)52)58-43(50)33-27-31-41(48)40(47)30-25-21-19-18-20-24-29-37(46)28-23-6-4-2/h18-21,24-25,29-30,37-41,46-48H,3-17,22-23,26-28,31-36,45H2,1-2H3,(H,51,52)(H,53,54)/b20-18+,21-19-,29-24-,30-25-. The van der Waals surface area contributed by atoms with E-state index in [9.17, 15) is 39.2 Å². The molecular formula is C44H78NO13P. The minimum Gasteiger partial charge on any atom is -0.480 e. The van der Waals surface area contributed by atoms with Crippen LogP contribution in [0, 0.1) is 0 Å². The number of hydrogen-bond donors (Lipinski definition) is 6. The number of allylic oxidation sites excluding steroid dienone is 6. The minimum absolute atomic E-state index is 0.0501. The van der Waals surface area contributed by atoms with Crippen LogP contribution in [0.2, 0.25) is 0 Å². The number of phosphoric acid groups is 1. The van der Waals surface area contributed by atoms with Gasteiger partial charge in [-0.05, 0) is 25.7 Å². The molecule has 0 aliphatic rings. The molecule has 0 radical (unpaired) electrons. The predicted molar refractivity (Wildman–Crippen MR) is 230 cm³/mol. The fourth-order valence-corrected chi connectivity index (χ4v) is 6.58. The Hall–Kier alpha value is -2.68. The Morgan fingerprint density at radius 3 is 1.63 bits per heavy atom. The molecule has 0 spiro atoms. The molecular weight excluding hydrogens is 781 g/mol. The minimum atomic E-state index is -4.81. The van der Waals surface area contributed by atoms with Crippen LogP contribution in [0.3, 0.4) is 0 Å². The van der Waals surface area contributed by atoms with Gasteiger partial charge in [0.15, 0.2) is 6.10 Å². The molecule has 0 heterocycles. The van der Waals surface area contributed by atoms with Crippen LogP contribution in [-0.4, -0.2) is 93.5 Å². The molecule has 342 valence electrons. The molecule has 0 saturated heterocycles. The van der Waals surface area contributed by atoms with Gasteiger partial charge in [-0.2, -0.15) is 0 Å². The highest BCUT2D eigenvalue weighted by molar-refractivity contribution is 7.47. The fraction of sp³-hybridized carbons (Fsp3) is 0.750. The Bertz CT molecular complexity index is 1240. The zero-order valence-corrected chi connectivity index (χ0v) is 36.8. The largest absolute Gasteiger partial charge is 0.480 e. The summed E-state index contributed by atoms with van der Waals surface area (Å²) in [7, 11) is -4.81. The lowest BCUT2D eigenvalue weighted by atomic mass is 10.0. The van der Waals surface area contributed by atoms with Gasteiger partial charge >= 0.3 is 25.7 Å². The highest BCUT2D eigenvalue weighted by Crippen LogP contribution is 2.43. The van der Waals surface area contributed by atoms with Crippen molar-refractivity contribution in [1.82, 2.24) is 0 Å². The number of aliphatic carboxylic acids is 1. The number of esters is 2. The van der Waals surface area contributed by atoms with Crippen molar-refractivity contribution in [2.24, 2.45) is 5.73 Å². The zero-order valence-electron chi connectivity index (χ0n) is 35.9. The molecule has 0 fully saturated rings. The molecule has 15 heteroatoms. The van der Waals surface area contributed by atoms with Gasteiger partial charge in [-0.1, -0.05) is 172 Å². The van der Waals surface area contributed by atoms with Crippen LogP contribution in [0.1, 0.15) is 162 Å². The van der Waals surface area contributed by atoms with Crippen LogP contribution in [0.15, 0.2) is 48.6 Å². The second-order valence-electron chi connectivity index (χ2n) is 15.1. The Morgan fingerprint density at radius 2 is 1.07 bits per heavy atom. The number of hydrogen-bond acceptors (Lipinski definition) is 12. The first-order valence-corrected chi connectivity index (χ1v) is 23.5. The smallest absolute Gasteiger partial charge is 0.472 e. The van der Waals surface area contributed by atoms with Crippen molar-refractivity contribution in [2.45, 2.75) is 192 Å². The van der Waals surface area contributed by atoms with E-state index in [2.05, 4.69) is 18.4 Å². The van der Waals surface area contributed by atoms with Crippen molar-refractivity contribution >= 4 is 25.7 Å². The lowest BCUT2D eigenvalue weighted by Crippen LogP contribution is -2.34.